The monoisotopic (exact) mass is 304 g/mol. The molecule has 0 unspecified atom stereocenters. The van der Waals surface area contributed by atoms with Crippen LogP contribution < -0.4 is 10.6 Å². The standard InChI is InChI=1S/C16H14F2N2O2/c17-13-8-12(9-14(18)10-13)16(22)20-7-6-19-15(21)11-4-2-1-3-5-11/h1-5,8-10H,6-7H2,(H,19,21)(H,20,22). The van der Waals surface area contributed by atoms with E-state index in [1.54, 1.807) is 30.3 Å². The lowest BCUT2D eigenvalue weighted by Crippen LogP contribution is -2.34. The smallest absolute Gasteiger partial charge is 0.251 e. The molecule has 2 aromatic rings. The van der Waals surface area contributed by atoms with Gasteiger partial charge in [-0.3, -0.25) is 9.59 Å². The van der Waals surface area contributed by atoms with Gasteiger partial charge in [-0.25, -0.2) is 8.78 Å². The summed E-state index contributed by atoms with van der Waals surface area (Å²) in [6.07, 6.45) is 0. The second-order valence-corrected chi connectivity index (χ2v) is 4.54. The molecule has 0 saturated carbocycles. The van der Waals surface area contributed by atoms with E-state index in [0.29, 0.717) is 11.6 Å². The van der Waals surface area contributed by atoms with Gasteiger partial charge in [-0.2, -0.15) is 0 Å². The summed E-state index contributed by atoms with van der Waals surface area (Å²) in [7, 11) is 0. The molecule has 4 nitrogen and oxygen atoms in total. The van der Waals surface area contributed by atoms with Crippen LogP contribution in [-0.2, 0) is 0 Å². The van der Waals surface area contributed by atoms with Crippen LogP contribution in [-0.4, -0.2) is 24.9 Å². The van der Waals surface area contributed by atoms with Crippen LogP contribution in [0.4, 0.5) is 8.78 Å². The zero-order valence-corrected chi connectivity index (χ0v) is 11.6. The lowest BCUT2D eigenvalue weighted by atomic mass is 10.2. The van der Waals surface area contributed by atoms with Crippen molar-refractivity contribution in [3.05, 3.63) is 71.3 Å². The Kier molecular flexibility index (Phi) is 5.19. The van der Waals surface area contributed by atoms with Gasteiger partial charge in [0.2, 0.25) is 0 Å². The first-order valence-electron chi connectivity index (χ1n) is 6.64. The number of amides is 2. The second-order valence-electron chi connectivity index (χ2n) is 4.54. The van der Waals surface area contributed by atoms with Gasteiger partial charge in [0, 0.05) is 30.3 Å². The van der Waals surface area contributed by atoms with Crippen LogP contribution in [0.3, 0.4) is 0 Å². The Morgan fingerprint density at radius 3 is 1.82 bits per heavy atom. The first kappa shape index (κ1) is 15.6. The average molecular weight is 304 g/mol. The van der Waals surface area contributed by atoms with Crippen LogP contribution in [0.5, 0.6) is 0 Å². The molecule has 2 aromatic carbocycles. The highest BCUT2D eigenvalue weighted by atomic mass is 19.1. The maximum atomic E-state index is 13.0. The van der Waals surface area contributed by atoms with Gasteiger partial charge in [0.15, 0.2) is 0 Å². The minimum absolute atomic E-state index is 0.105. The Labute approximate surface area is 126 Å². The van der Waals surface area contributed by atoms with Crippen molar-refractivity contribution in [2.45, 2.75) is 0 Å². The van der Waals surface area contributed by atoms with Crippen molar-refractivity contribution in [3.8, 4) is 0 Å². The molecular weight excluding hydrogens is 290 g/mol. The fourth-order valence-electron chi connectivity index (χ4n) is 1.83. The third-order valence-electron chi connectivity index (χ3n) is 2.86. The van der Waals surface area contributed by atoms with E-state index in [2.05, 4.69) is 10.6 Å². The van der Waals surface area contributed by atoms with Gasteiger partial charge in [0.05, 0.1) is 0 Å². The van der Waals surface area contributed by atoms with Crippen LogP contribution in [0.1, 0.15) is 20.7 Å². The molecule has 22 heavy (non-hydrogen) atoms. The summed E-state index contributed by atoms with van der Waals surface area (Å²) in [5, 5.41) is 5.10. The van der Waals surface area contributed by atoms with Crippen LogP contribution >= 0.6 is 0 Å². The molecule has 0 atom stereocenters. The highest BCUT2D eigenvalue weighted by Crippen LogP contribution is 2.07. The number of hydrogen-bond donors (Lipinski definition) is 2. The Hall–Kier alpha value is -2.76. The maximum Gasteiger partial charge on any atom is 0.251 e. The van der Waals surface area contributed by atoms with Crippen molar-refractivity contribution in [1.82, 2.24) is 10.6 Å². The van der Waals surface area contributed by atoms with Gasteiger partial charge in [-0.15, -0.1) is 0 Å². The zero-order valence-electron chi connectivity index (χ0n) is 11.6. The van der Waals surface area contributed by atoms with Crippen molar-refractivity contribution in [2.75, 3.05) is 13.1 Å². The number of nitrogens with one attached hydrogen (secondary N) is 2. The largest absolute Gasteiger partial charge is 0.350 e. The Morgan fingerprint density at radius 2 is 1.27 bits per heavy atom. The number of benzene rings is 2. The van der Waals surface area contributed by atoms with Gasteiger partial charge < -0.3 is 10.6 Å². The number of rotatable bonds is 5. The zero-order chi connectivity index (χ0) is 15.9. The van der Waals surface area contributed by atoms with Crippen LogP contribution in [0.2, 0.25) is 0 Å². The lowest BCUT2D eigenvalue weighted by molar-refractivity contribution is 0.0927. The van der Waals surface area contributed by atoms with Gasteiger partial charge in [-0.05, 0) is 24.3 Å². The van der Waals surface area contributed by atoms with E-state index in [-0.39, 0.29) is 24.6 Å². The molecular formula is C16H14F2N2O2. The summed E-state index contributed by atoms with van der Waals surface area (Å²) < 4.78 is 26.0. The maximum absolute atomic E-state index is 13.0. The fourth-order valence-corrected chi connectivity index (χ4v) is 1.83. The molecule has 2 N–H and O–H groups in total. The minimum atomic E-state index is -0.817. The van der Waals surface area contributed by atoms with E-state index in [9.17, 15) is 18.4 Å². The van der Waals surface area contributed by atoms with E-state index < -0.39 is 17.5 Å². The number of halogens is 2. The van der Waals surface area contributed by atoms with Crippen molar-refractivity contribution >= 4 is 11.8 Å². The topological polar surface area (TPSA) is 58.2 Å². The second kappa shape index (κ2) is 7.31. The SMILES string of the molecule is O=C(NCCNC(=O)c1cc(F)cc(F)c1)c1ccccc1. The third kappa shape index (κ3) is 4.37. The normalized spacial score (nSPS) is 10.1. The fraction of sp³-hybridized carbons (Fsp3) is 0.125. The van der Waals surface area contributed by atoms with Crippen molar-refractivity contribution in [3.63, 3.8) is 0 Å². The van der Waals surface area contributed by atoms with E-state index >= 15 is 0 Å². The summed E-state index contributed by atoms with van der Waals surface area (Å²) in [5.74, 6) is -2.50. The van der Waals surface area contributed by atoms with Crippen LogP contribution in [0, 0.1) is 11.6 Å². The minimum Gasteiger partial charge on any atom is -0.350 e. The van der Waals surface area contributed by atoms with E-state index in [1.807, 2.05) is 0 Å². The number of hydrogen-bond acceptors (Lipinski definition) is 2. The predicted octanol–water partition coefficient (Wildman–Crippen LogP) is 2.12. The Balaban J connectivity index is 1.79. The molecule has 0 aliphatic heterocycles. The lowest BCUT2D eigenvalue weighted by Gasteiger charge is -2.07. The highest BCUT2D eigenvalue weighted by Gasteiger charge is 2.09. The van der Waals surface area contributed by atoms with Gasteiger partial charge in [-0.1, -0.05) is 18.2 Å². The molecule has 0 heterocycles. The molecule has 6 heteroatoms. The van der Waals surface area contributed by atoms with Crippen molar-refractivity contribution < 1.29 is 18.4 Å². The van der Waals surface area contributed by atoms with Gasteiger partial charge in [0.25, 0.3) is 11.8 Å². The first-order chi connectivity index (χ1) is 10.6. The van der Waals surface area contributed by atoms with E-state index in [4.69, 9.17) is 0 Å². The van der Waals surface area contributed by atoms with E-state index in [1.165, 1.54) is 0 Å². The van der Waals surface area contributed by atoms with Crippen molar-refractivity contribution in [1.29, 1.82) is 0 Å². The predicted molar refractivity (Wildman–Crippen MR) is 77.5 cm³/mol. The van der Waals surface area contributed by atoms with Crippen LogP contribution in [0.25, 0.3) is 0 Å². The number of carbonyl (C=O) groups is 2. The van der Waals surface area contributed by atoms with Gasteiger partial charge >= 0.3 is 0 Å². The molecule has 0 bridgehead atoms. The molecule has 0 saturated heterocycles. The third-order valence-corrected chi connectivity index (χ3v) is 2.86. The summed E-state index contributed by atoms with van der Waals surface area (Å²) in [6.45, 7) is 0.354. The summed E-state index contributed by atoms with van der Waals surface area (Å²) in [4.78, 5) is 23.4. The highest BCUT2D eigenvalue weighted by molar-refractivity contribution is 5.95. The molecule has 2 rings (SSSR count). The van der Waals surface area contributed by atoms with Crippen molar-refractivity contribution in [2.24, 2.45) is 0 Å². The van der Waals surface area contributed by atoms with Crippen LogP contribution in [0.15, 0.2) is 48.5 Å². The Morgan fingerprint density at radius 1 is 0.773 bits per heavy atom. The summed E-state index contributed by atoms with van der Waals surface area (Å²) in [5.41, 5.74) is 0.410. The summed E-state index contributed by atoms with van der Waals surface area (Å²) >= 11 is 0. The van der Waals surface area contributed by atoms with Gasteiger partial charge in [0.1, 0.15) is 11.6 Å². The van der Waals surface area contributed by atoms with E-state index in [0.717, 1.165) is 12.1 Å². The molecule has 0 aliphatic rings. The molecule has 0 aliphatic carbocycles. The molecule has 114 valence electrons. The molecule has 0 spiro atoms. The summed E-state index contributed by atoms with van der Waals surface area (Å²) in [6, 6.07) is 11.2. The average Bonchev–Trinajstić information content (AvgIpc) is 2.51. The Bertz CT molecular complexity index is 655. The molecule has 0 fully saturated rings. The molecule has 0 aromatic heterocycles. The molecule has 2 amide bonds. The molecule has 0 radical (unpaired) electrons. The number of carbonyl (C=O) groups excluding carboxylic acids is 2. The first-order valence-corrected chi connectivity index (χ1v) is 6.64. The quantitative estimate of drug-likeness (QED) is 0.831.